The van der Waals surface area contributed by atoms with E-state index < -0.39 is 0 Å². The van der Waals surface area contributed by atoms with Gasteiger partial charge in [0.15, 0.2) is 0 Å². The second kappa shape index (κ2) is 5.19. The van der Waals surface area contributed by atoms with Gasteiger partial charge in [-0.05, 0) is 37.0 Å². The molecule has 4 nitrogen and oxygen atoms in total. The van der Waals surface area contributed by atoms with Crippen LogP contribution in [0.2, 0.25) is 0 Å². The summed E-state index contributed by atoms with van der Waals surface area (Å²) in [5.74, 6) is 0.380. The van der Waals surface area contributed by atoms with Crippen molar-refractivity contribution in [2.24, 2.45) is 0 Å². The molecule has 17 heavy (non-hydrogen) atoms. The predicted octanol–water partition coefficient (Wildman–Crippen LogP) is 1.11. The van der Waals surface area contributed by atoms with Crippen LogP contribution in [0.4, 0.5) is 0 Å². The molecule has 4 heteroatoms. The van der Waals surface area contributed by atoms with Crippen LogP contribution in [0.15, 0.2) is 18.2 Å². The molecule has 0 saturated heterocycles. The Bertz CT molecular complexity index is 418. The van der Waals surface area contributed by atoms with Gasteiger partial charge < -0.3 is 15.7 Å². The molecule has 1 aliphatic carbocycles. The first-order valence-corrected chi connectivity index (χ1v) is 6.03. The molecule has 1 aromatic carbocycles. The lowest BCUT2D eigenvalue weighted by molar-refractivity contribution is -0.120. The number of likely N-dealkylation sites (N-methyl/N-ethyl adjacent to an activating group) is 1. The number of fused-ring (bicyclic) bond motifs is 1. The standard InChI is InChI=1S/C13H18N2O2/c1-2-14-13(17)8-15-11-7-6-10-9(11)4-3-5-12(10)16/h3-5,11,15-16H,2,6-8H2,1H3,(H,14,17). The van der Waals surface area contributed by atoms with E-state index in [-0.39, 0.29) is 11.9 Å². The summed E-state index contributed by atoms with van der Waals surface area (Å²) >= 11 is 0. The van der Waals surface area contributed by atoms with Crippen molar-refractivity contribution in [3.63, 3.8) is 0 Å². The Hall–Kier alpha value is -1.55. The highest BCUT2D eigenvalue weighted by Crippen LogP contribution is 2.35. The van der Waals surface area contributed by atoms with Crippen molar-refractivity contribution in [1.82, 2.24) is 10.6 Å². The maximum absolute atomic E-state index is 11.4. The Morgan fingerprint density at radius 2 is 2.35 bits per heavy atom. The zero-order chi connectivity index (χ0) is 12.3. The molecule has 1 aromatic rings. The van der Waals surface area contributed by atoms with Gasteiger partial charge in [0.1, 0.15) is 5.75 Å². The van der Waals surface area contributed by atoms with E-state index in [4.69, 9.17) is 0 Å². The van der Waals surface area contributed by atoms with Crippen LogP contribution in [0, 0.1) is 0 Å². The highest BCUT2D eigenvalue weighted by Gasteiger charge is 2.24. The third kappa shape index (κ3) is 2.58. The predicted molar refractivity (Wildman–Crippen MR) is 65.9 cm³/mol. The van der Waals surface area contributed by atoms with Crippen LogP contribution >= 0.6 is 0 Å². The van der Waals surface area contributed by atoms with Crippen molar-refractivity contribution in [2.75, 3.05) is 13.1 Å². The summed E-state index contributed by atoms with van der Waals surface area (Å²) < 4.78 is 0. The normalized spacial score (nSPS) is 17.8. The van der Waals surface area contributed by atoms with Crippen molar-refractivity contribution >= 4 is 5.91 Å². The number of rotatable bonds is 4. The number of hydrogen-bond donors (Lipinski definition) is 3. The summed E-state index contributed by atoms with van der Waals surface area (Å²) in [6, 6.07) is 5.75. The van der Waals surface area contributed by atoms with E-state index in [0.29, 0.717) is 18.8 Å². The van der Waals surface area contributed by atoms with Gasteiger partial charge in [0.2, 0.25) is 5.91 Å². The smallest absolute Gasteiger partial charge is 0.233 e. The fourth-order valence-corrected chi connectivity index (χ4v) is 2.32. The van der Waals surface area contributed by atoms with Crippen LogP contribution in [0.5, 0.6) is 5.75 Å². The number of aromatic hydroxyl groups is 1. The molecular formula is C13H18N2O2. The molecule has 3 N–H and O–H groups in total. The van der Waals surface area contributed by atoms with Gasteiger partial charge in [0.05, 0.1) is 6.54 Å². The molecule has 0 aliphatic heterocycles. The van der Waals surface area contributed by atoms with E-state index in [1.54, 1.807) is 6.07 Å². The first kappa shape index (κ1) is 11.9. The second-order valence-corrected chi connectivity index (χ2v) is 4.27. The van der Waals surface area contributed by atoms with Crippen molar-refractivity contribution in [3.05, 3.63) is 29.3 Å². The number of benzene rings is 1. The van der Waals surface area contributed by atoms with Crippen molar-refractivity contribution in [2.45, 2.75) is 25.8 Å². The van der Waals surface area contributed by atoms with E-state index in [2.05, 4.69) is 10.6 Å². The van der Waals surface area contributed by atoms with E-state index in [1.807, 2.05) is 19.1 Å². The van der Waals surface area contributed by atoms with Gasteiger partial charge in [-0.3, -0.25) is 4.79 Å². The van der Waals surface area contributed by atoms with Crippen molar-refractivity contribution in [1.29, 1.82) is 0 Å². The third-order valence-electron chi connectivity index (χ3n) is 3.13. The zero-order valence-corrected chi connectivity index (χ0v) is 9.99. The van der Waals surface area contributed by atoms with E-state index in [9.17, 15) is 9.90 Å². The first-order valence-electron chi connectivity index (χ1n) is 6.03. The fourth-order valence-electron chi connectivity index (χ4n) is 2.32. The van der Waals surface area contributed by atoms with Gasteiger partial charge in [-0.1, -0.05) is 12.1 Å². The molecule has 0 saturated carbocycles. The zero-order valence-electron chi connectivity index (χ0n) is 9.99. The van der Waals surface area contributed by atoms with Crippen molar-refractivity contribution < 1.29 is 9.90 Å². The Labute approximate surface area is 101 Å². The molecule has 2 rings (SSSR count). The van der Waals surface area contributed by atoms with Crippen LogP contribution in [-0.4, -0.2) is 24.1 Å². The summed E-state index contributed by atoms with van der Waals surface area (Å²) in [5, 5.41) is 15.7. The number of phenols is 1. The molecule has 0 bridgehead atoms. The van der Waals surface area contributed by atoms with Gasteiger partial charge in [0.25, 0.3) is 0 Å². The van der Waals surface area contributed by atoms with E-state index in [0.717, 1.165) is 24.0 Å². The minimum absolute atomic E-state index is 0.0149. The Balaban J connectivity index is 1.98. The number of carbonyl (C=O) groups is 1. The SMILES string of the molecule is CCNC(=O)CNC1CCc2c(O)cccc21. The number of hydrogen-bond acceptors (Lipinski definition) is 3. The maximum atomic E-state index is 11.4. The summed E-state index contributed by atoms with van der Waals surface area (Å²) in [7, 11) is 0. The van der Waals surface area contributed by atoms with E-state index >= 15 is 0 Å². The van der Waals surface area contributed by atoms with Crippen LogP contribution in [0.25, 0.3) is 0 Å². The molecule has 0 radical (unpaired) electrons. The highest BCUT2D eigenvalue weighted by atomic mass is 16.3. The second-order valence-electron chi connectivity index (χ2n) is 4.27. The summed E-state index contributed by atoms with van der Waals surface area (Å²) in [6.45, 7) is 2.89. The molecule has 1 unspecified atom stereocenters. The van der Waals surface area contributed by atoms with Gasteiger partial charge in [-0.15, -0.1) is 0 Å². The largest absolute Gasteiger partial charge is 0.508 e. The molecule has 1 amide bonds. The monoisotopic (exact) mass is 234 g/mol. The van der Waals surface area contributed by atoms with Gasteiger partial charge in [0, 0.05) is 12.6 Å². The molecule has 0 spiro atoms. The minimum Gasteiger partial charge on any atom is -0.508 e. The molecule has 92 valence electrons. The van der Waals surface area contributed by atoms with Gasteiger partial charge in [-0.25, -0.2) is 0 Å². The van der Waals surface area contributed by atoms with Crippen molar-refractivity contribution in [3.8, 4) is 5.75 Å². The number of amides is 1. The number of nitrogens with one attached hydrogen (secondary N) is 2. The van der Waals surface area contributed by atoms with Gasteiger partial charge in [-0.2, -0.15) is 0 Å². The summed E-state index contributed by atoms with van der Waals surface area (Å²) in [5.41, 5.74) is 2.13. The average molecular weight is 234 g/mol. The minimum atomic E-state index is 0.0149. The molecule has 1 atom stereocenters. The first-order chi connectivity index (χ1) is 8.22. The topological polar surface area (TPSA) is 61.4 Å². The molecule has 1 aliphatic rings. The molecular weight excluding hydrogens is 216 g/mol. The lowest BCUT2D eigenvalue weighted by atomic mass is 10.1. The average Bonchev–Trinajstić information content (AvgIpc) is 2.72. The number of phenolic OH excluding ortho intramolecular Hbond substituents is 1. The highest BCUT2D eigenvalue weighted by molar-refractivity contribution is 5.78. The Morgan fingerprint density at radius 3 is 3.12 bits per heavy atom. The van der Waals surface area contributed by atoms with Gasteiger partial charge >= 0.3 is 0 Å². The Morgan fingerprint density at radius 1 is 1.53 bits per heavy atom. The van der Waals surface area contributed by atoms with Crippen LogP contribution in [-0.2, 0) is 11.2 Å². The van der Waals surface area contributed by atoms with Crippen LogP contribution < -0.4 is 10.6 Å². The maximum Gasteiger partial charge on any atom is 0.233 e. The molecule has 0 fully saturated rings. The summed E-state index contributed by atoms with van der Waals surface area (Å²) in [6.07, 6.45) is 1.81. The lowest BCUT2D eigenvalue weighted by Crippen LogP contribution is -2.35. The van der Waals surface area contributed by atoms with E-state index in [1.165, 1.54) is 0 Å². The van der Waals surface area contributed by atoms with Crippen LogP contribution in [0.3, 0.4) is 0 Å². The number of carbonyl (C=O) groups excluding carboxylic acids is 1. The fraction of sp³-hybridized carbons (Fsp3) is 0.462. The third-order valence-corrected chi connectivity index (χ3v) is 3.13. The molecule has 0 aromatic heterocycles. The lowest BCUT2D eigenvalue weighted by Gasteiger charge is -2.13. The Kier molecular flexibility index (Phi) is 3.64. The summed E-state index contributed by atoms with van der Waals surface area (Å²) in [4.78, 5) is 11.4. The molecule has 0 heterocycles. The van der Waals surface area contributed by atoms with Crippen LogP contribution in [0.1, 0.15) is 30.5 Å². The quantitative estimate of drug-likeness (QED) is 0.731.